The van der Waals surface area contributed by atoms with Crippen LogP contribution in [0.5, 0.6) is 11.5 Å². The number of nitrogens with two attached hydrogens (primary N) is 1. The second-order valence-corrected chi connectivity index (χ2v) is 9.40. The molecule has 4 aromatic rings. The summed E-state index contributed by atoms with van der Waals surface area (Å²) in [6.07, 6.45) is 2.61. The number of aryl methyl sites for hydroxylation is 1. The maximum absolute atomic E-state index is 11.5. The van der Waals surface area contributed by atoms with Gasteiger partial charge < -0.3 is 25.1 Å². The second-order valence-electron chi connectivity index (χ2n) is 8.96. The number of imidazole rings is 1. The van der Waals surface area contributed by atoms with Gasteiger partial charge in [-0.2, -0.15) is 0 Å². The van der Waals surface area contributed by atoms with E-state index in [0.29, 0.717) is 42.1 Å². The average molecular weight is 521 g/mol. The fourth-order valence-electron chi connectivity index (χ4n) is 4.51. The van der Waals surface area contributed by atoms with Crippen molar-refractivity contribution in [2.75, 3.05) is 31.6 Å². The molecule has 3 heterocycles. The van der Waals surface area contributed by atoms with Crippen molar-refractivity contribution in [3.63, 3.8) is 0 Å². The Morgan fingerprint density at radius 1 is 1.14 bits per heavy atom. The minimum atomic E-state index is -0.320. The van der Waals surface area contributed by atoms with Crippen molar-refractivity contribution in [2.45, 2.75) is 18.9 Å². The molecule has 1 aliphatic heterocycles. The molecule has 0 spiro atoms. The minimum Gasteiger partial charge on any atom is -0.457 e. The fraction of sp³-hybridized carbons (Fsp3) is 0.296. The van der Waals surface area contributed by atoms with E-state index in [1.807, 2.05) is 66.2 Å². The van der Waals surface area contributed by atoms with Crippen LogP contribution in [-0.2, 0) is 16.6 Å². The van der Waals surface area contributed by atoms with E-state index in [2.05, 4.69) is 15.2 Å². The highest BCUT2D eigenvalue weighted by atomic mass is 35.5. The van der Waals surface area contributed by atoms with Crippen molar-refractivity contribution in [1.82, 2.24) is 19.4 Å². The molecule has 0 bridgehead atoms. The Labute approximate surface area is 220 Å². The van der Waals surface area contributed by atoms with E-state index in [4.69, 9.17) is 31.8 Å². The molecule has 1 unspecified atom stereocenters. The van der Waals surface area contributed by atoms with Crippen LogP contribution in [0.1, 0.15) is 24.6 Å². The number of nitrogens with one attached hydrogen (secondary N) is 1. The lowest BCUT2D eigenvalue weighted by Crippen LogP contribution is -2.39. The van der Waals surface area contributed by atoms with Crippen LogP contribution in [-0.4, -0.2) is 51.6 Å². The summed E-state index contributed by atoms with van der Waals surface area (Å²) >= 11 is 6.00. The number of carbonyl (C=O) groups is 1. The van der Waals surface area contributed by atoms with Gasteiger partial charge in [-0.25, -0.2) is 4.98 Å². The third-order valence-corrected chi connectivity index (χ3v) is 6.68. The Kier molecular flexibility index (Phi) is 7.55. The lowest BCUT2D eigenvalue weighted by molar-refractivity contribution is -0.118. The van der Waals surface area contributed by atoms with Gasteiger partial charge >= 0.3 is 0 Å². The summed E-state index contributed by atoms with van der Waals surface area (Å²) in [5, 5.41) is 4.01. The van der Waals surface area contributed by atoms with Crippen molar-refractivity contribution in [3.8, 4) is 11.5 Å². The van der Waals surface area contributed by atoms with Crippen LogP contribution >= 0.6 is 11.6 Å². The zero-order valence-corrected chi connectivity index (χ0v) is 21.3. The van der Waals surface area contributed by atoms with Gasteiger partial charge in [0.1, 0.15) is 11.5 Å². The molecular weight excluding hydrogens is 492 g/mol. The average Bonchev–Trinajstić information content (AvgIpc) is 3.20. The number of carbonyl (C=O) groups excluding carboxylic acids is 1. The fourth-order valence-corrected chi connectivity index (χ4v) is 4.64. The van der Waals surface area contributed by atoms with Crippen LogP contribution in [0.3, 0.4) is 0 Å². The van der Waals surface area contributed by atoms with Crippen LogP contribution in [0.4, 0.5) is 11.6 Å². The Balaban J connectivity index is 1.36. The van der Waals surface area contributed by atoms with Gasteiger partial charge in [-0.3, -0.25) is 14.7 Å². The molecule has 2 aromatic heterocycles. The van der Waals surface area contributed by atoms with E-state index >= 15 is 0 Å². The van der Waals surface area contributed by atoms with Crippen molar-refractivity contribution in [1.29, 1.82) is 0 Å². The first-order valence-electron chi connectivity index (χ1n) is 12.2. The largest absolute Gasteiger partial charge is 0.457 e. The number of halogens is 1. The zero-order chi connectivity index (χ0) is 25.8. The maximum atomic E-state index is 11.5. The molecule has 1 amide bonds. The molecule has 1 saturated heterocycles. The Morgan fingerprint density at radius 2 is 1.89 bits per heavy atom. The number of amides is 1. The number of hydrogen-bond donors (Lipinski definition) is 2. The van der Waals surface area contributed by atoms with Crippen LogP contribution in [0, 0.1) is 0 Å². The van der Waals surface area contributed by atoms with Crippen molar-refractivity contribution < 1.29 is 14.3 Å². The minimum absolute atomic E-state index is 0.0419. The highest BCUT2D eigenvalue weighted by Gasteiger charge is 2.24. The molecule has 5 rings (SSSR count). The SMILES string of the molecule is Cn1c(Nc2ccc(Cl)cc2)nc2cc(Oc3ccnc(C(CCC(N)=O)N4CCOCC4)c3)ccc21. The molecule has 37 heavy (non-hydrogen) atoms. The number of benzene rings is 2. The van der Waals surface area contributed by atoms with Gasteiger partial charge in [0.2, 0.25) is 11.9 Å². The molecule has 10 heteroatoms. The monoisotopic (exact) mass is 520 g/mol. The number of morpholine rings is 1. The van der Waals surface area contributed by atoms with E-state index < -0.39 is 0 Å². The van der Waals surface area contributed by atoms with Crippen molar-refractivity contribution in [2.24, 2.45) is 12.8 Å². The summed E-state index contributed by atoms with van der Waals surface area (Å²) in [6, 6.07) is 17.0. The highest BCUT2D eigenvalue weighted by Crippen LogP contribution is 2.31. The number of anilines is 2. The molecule has 0 saturated carbocycles. The molecule has 1 fully saturated rings. The van der Waals surface area contributed by atoms with Gasteiger partial charge in [-0.05, 0) is 48.9 Å². The second kappa shape index (κ2) is 11.2. The molecule has 3 N–H and O–H groups in total. The number of fused-ring (bicyclic) bond motifs is 1. The Morgan fingerprint density at radius 3 is 2.65 bits per heavy atom. The lowest BCUT2D eigenvalue weighted by atomic mass is 10.0. The van der Waals surface area contributed by atoms with Gasteiger partial charge in [-0.15, -0.1) is 0 Å². The molecule has 1 aliphatic rings. The Bertz CT molecular complexity index is 1380. The molecule has 192 valence electrons. The summed E-state index contributed by atoms with van der Waals surface area (Å²) in [4.78, 5) is 23.1. The molecule has 0 radical (unpaired) electrons. The smallest absolute Gasteiger partial charge is 0.217 e. The number of ether oxygens (including phenoxy) is 2. The number of hydrogen-bond acceptors (Lipinski definition) is 7. The van der Waals surface area contributed by atoms with E-state index in [-0.39, 0.29) is 18.4 Å². The summed E-state index contributed by atoms with van der Waals surface area (Å²) in [7, 11) is 1.96. The lowest BCUT2D eigenvalue weighted by Gasteiger charge is -2.34. The predicted molar refractivity (Wildman–Crippen MR) is 143 cm³/mol. The summed E-state index contributed by atoms with van der Waals surface area (Å²) in [5.41, 5.74) is 8.96. The van der Waals surface area contributed by atoms with E-state index in [0.717, 1.165) is 35.5 Å². The third kappa shape index (κ3) is 6.02. The number of nitrogens with zero attached hydrogens (tertiary/aromatic N) is 4. The summed E-state index contributed by atoms with van der Waals surface area (Å²) in [6.45, 7) is 2.86. The number of primary amides is 1. The van der Waals surface area contributed by atoms with E-state index in [1.165, 1.54) is 0 Å². The predicted octanol–water partition coefficient (Wildman–Crippen LogP) is 4.80. The topological polar surface area (TPSA) is 108 Å². The number of aromatic nitrogens is 3. The summed E-state index contributed by atoms with van der Waals surface area (Å²) in [5.74, 6) is 1.72. The van der Waals surface area contributed by atoms with Gasteiger partial charge in [-0.1, -0.05) is 11.6 Å². The standard InChI is InChI=1S/C27H29ClN6O3/c1-33-24-7-6-20(17-23(24)32-27(33)31-19-4-2-18(28)3-5-19)37-21-10-11-30-22(16-21)25(8-9-26(29)35)34-12-14-36-15-13-34/h2-7,10-11,16-17,25H,8-9,12-15H2,1H3,(H2,29,35)(H,31,32). The van der Waals surface area contributed by atoms with Crippen LogP contribution < -0.4 is 15.8 Å². The number of rotatable bonds is 9. The van der Waals surface area contributed by atoms with Gasteiger partial charge in [0.05, 0.1) is 36.0 Å². The first-order valence-corrected chi connectivity index (χ1v) is 12.6. The molecule has 0 aliphatic carbocycles. The highest BCUT2D eigenvalue weighted by molar-refractivity contribution is 6.30. The van der Waals surface area contributed by atoms with Gasteiger partial charge in [0, 0.05) is 55.6 Å². The molecular formula is C27H29ClN6O3. The Hall–Kier alpha value is -3.66. The van der Waals surface area contributed by atoms with Crippen LogP contribution in [0.25, 0.3) is 11.0 Å². The van der Waals surface area contributed by atoms with E-state index in [9.17, 15) is 4.79 Å². The third-order valence-electron chi connectivity index (χ3n) is 6.43. The first kappa shape index (κ1) is 25.0. The van der Waals surface area contributed by atoms with Gasteiger partial charge in [0.25, 0.3) is 0 Å². The van der Waals surface area contributed by atoms with Crippen LogP contribution in [0.2, 0.25) is 5.02 Å². The molecule has 2 aromatic carbocycles. The van der Waals surface area contributed by atoms with E-state index in [1.54, 1.807) is 6.20 Å². The summed E-state index contributed by atoms with van der Waals surface area (Å²) < 4.78 is 13.7. The zero-order valence-electron chi connectivity index (χ0n) is 20.6. The van der Waals surface area contributed by atoms with Crippen LogP contribution in [0.15, 0.2) is 60.8 Å². The molecule has 9 nitrogen and oxygen atoms in total. The number of pyridine rings is 1. The van der Waals surface area contributed by atoms with Gasteiger partial charge in [0.15, 0.2) is 0 Å². The normalized spacial score (nSPS) is 15.0. The quantitative estimate of drug-likeness (QED) is 0.326. The maximum Gasteiger partial charge on any atom is 0.217 e. The molecule has 1 atom stereocenters. The van der Waals surface area contributed by atoms with Crippen molar-refractivity contribution >= 4 is 40.2 Å². The van der Waals surface area contributed by atoms with Crippen molar-refractivity contribution in [3.05, 3.63) is 71.5 Å². The first-order chi connectivity index (χ1) is 18.0.